The van der Waals surface area contributed by atoms with Crippen LogP contribution in [-0.2, 0) is 4.74 Å². The number of ether oxygens (including phenoxy) is 1. The minimum absolute atomic E-state index is 0.0555. The van der Waals surface area contributed by atoms with Gasteiger partial charge < -0.3 is 15.4 Å². The van der Waals surface area contributed by atoms with Gasteiger partial charge in [0.05, 0.1) is 12.6 Å². The van der Waals surface area contributed by atoms with Gasteiger partial charge in [0, 0.05) is 13.2 Å². The van der Waals surface area contributed by atoms with Crippen molar-refractivity contribution < 1.29 is 9.53 Å². The number of nitrogens with one attached hydrogen (secondary N) is 2. The fourth-order valence-corrected chi connectivity index (χ4v) is 1.76. The molecule has 4 heteroatoms. The summed E-state index contributed by atoms with van der Waals surface area (Å²) >= 11 is 0. The van der Waals surface area contributed by atoms with Gasteiger partial charge in [0.2, 0.25) is 0 Å². The molecule has 2 N–H and O–H groups in total. The van der Waals surface area contributed by atoms with E-state index in [1.165, 1.54) is 12.8 Å². The van der Waals surface area contributed by atoms with E-state index in [1.54, 1.807) is 0 Å². The molecule has 1 heterocycles. The third kappa shape index (κ3) is 5.95. The second kappa shape index (κ2) is 7.49. The summed E-state index contributed by atoms with van der Waals surface area (Å²) in [4.78, 5) is 11.4. The average Bonchev–Trinajstić information content (AvgIpc) is 2.69. The van der Waals surface area contributed by atoms with Crippen molar-refractivity contribution in [2.24, 2.45) is 5.92 Å². The molecule has 0 aromatic heterocycles. The Kier molecular flexibility index (Phi) is 6.23. The number of hydrogen-bond donors (Lipinski definition) is 2. The van der Waals surface area contributed by atoms with Gasteiger partial charge in [0.1, 0.15) is 0 Å². The van der Waals surface area contributed by atoms with E-state index in [4.69, 9.17) is 4.74 Å². The number of rotatable bonds is 6. The molecule has 0 aliphatic carbocycles. The zero-order chi connectivity index (χ0) is 11.8. The predicted octanol–water partition coefficient (Wildman–Crippen LogP) is 1.90. The van der Waals surface area contributed by atoms with Gasteiger partial charge in [-0.3, -0.25) is 0 Å². The second-order valence-corrected chi connectivity index (χ2v) is 4.85. The van der Waals surface area contributed by atoms with Gasteiger partial charge >= 0.3 is 6.03 Å². The van der Waals surface area contributed by atoms with Crippen molar-refractivity contribution in [1.29, 1.82) is 0 Å². The van der Waals surface area contributed by atoms with Crippen LogP contribution in [0.2, 0.25) is 0 Å². The Labute approximate surface area is 98.1 Å². The van der Waals surface area contributed by atoms with Gasteiger partial charge in [-0.2, -0.15) is 0 Å². The summed E-state index contributed by atoms with van der Waals surface area (Å²) in [6.07, 6.45) is 4.41. The number of urea groups is 1. The standard InChI is InChI=1S/C12H24N2O2/c1-10(2)5-3-4-7-13-12(15)14-11-6-8-16-9-11/h10-11H,3-9H2,1-2H3,(H2,13,14,15). The third-order valence-corrected chi connectivity index (χ3v) is 2.76. The van der Waals surface area contributed by atoms with Crippen LogP contribution in [0.25, 0.3) is 0 Å². The van der Waals surface area contributed by atoms with Crippen LogP contribution in [0.3, 0.4) is 0 Å². The molecule has 0 aromatic rings. The summed E-state index contributed by atoms with van der Waals surface area (Å²) < 4.78 is 5.18. The van der Waals surface area contributed by atoms with Crippen LogP contribution in [-0.4, -0.2) is 31.8 Å². The number of hydrogen-bond acceptors (Lipinski definition) is 2. The van der Waals surface area contributed by atoms with Crippen LogP contribution in [0.1, 0.15) is 39.5 Å². The average molecular weight is 228 g/mol. The Hall–Kier alpha value is -0.770. The maximum atomic E-state index is 11.4. The van der Waals surface area contributed by atoms with Crippen LogP contribution >= 0.6 is 0 Å². The lowest BCUT2D eigenvalue weighted by atomic mass is 10.1. The van der Waals surface area contributed by atoms with Gasteiger partial charge in [0.25, 0.3) is 0 Å². The summed E-state index contributed by atoms with van der Waals surface area (Å²) in [7, 11) is 0. The van der Waals surface area contributed by atoms with Crippen molar-refractivity contribution in [2.75, 3.05) is 19.8 Å². The molecule has 1 aliphatic heterocycles. The molecule has 1 unspecified atom stereocenters. The highest BCUT2D eigenvalue weighted by Crippen LogP contribution is 2.05. The van der Waals surface area contributed by atoms with E-state index in [0.29, 0.717) is 6.61 Å². The Balaban J connectivity index is 1.93. The van der Waals surface area contributed by atoms with Crippen molar-refractivity contribution in [3.05, 3.63) is 0 Å². The molecule has 4 nitrogen and oxygen atoms in total. The summed E-state index contributed by atoms with van der Waals surface area (Å²) in [5.74, 6) is 0.754. The molecule has 0 spiro atoms. The quantitative estimate of drug-likeness (QED) is 0.682. The number of carbonyl (C=O) groups is 1. The van der Waals surface area contributed by atoms with Gasteiger partial charge in [-0.25, -0.2) is 4.79 Å². The van der Waals surface area contributed by atoms with Gasteiger partial charge in [0.15, 0.2) is 0 Å². The maximum Gasteiger partial charge on any atom is 0.315 e. The predicted molar refractivity (Wildman–Crippen MR) is 64.4 cm³/mol. The highest BCUT2D eigenvalue weighted by molar-refractivity contribution is 5.74. The Bertz CT molecular complexity index is 201. The van der Waals surface area contributed by atoms with E-state index in [-0.39, 0.29) is 12.1 Å². The highest BCUT2D eigenvalue weighted by atomic mass is 16.5. The molecule has 1 fully saturated rings. The molecule has 94 valence electrons. The van der Waals surface area contributed by atoms with Crippen molar-refractivity contribution >= 4 is 6.03 Å². The fourth-order valence-electron chi connectivity index (χ4n) is 1.76. The zero-order valence-corrected chi connectivity index (χ0v) is 10.4. The zero-order valence-electron chi connectivity index (χ0n) is 10.4. The van der Waals surface area contributed by atoms with Crippen LogP contribution in [0.4, 0.5) is 4.79 Å². The van der Waals surface area contributed by atoms with Crippen LogP contribution in [0, 0.1) is 5.92 Å². The monoisotopic (exact) mass is 228 g/mol. The van der Waals surface area contributed by atoms with E-state index in [2.05, 4.69) is 24.5 Å². The number of amides is 2. The van der Waals surface area contributed by atoms with E-state index >= 15 is 0 Å². The second-order valence-electron chi connectivity index (χ2n) is 4.85. The maximum absolute atomic E-state index is 11.4. The van der Waals surface area contributed by atoms with Gasteiger partial charge in [-0.05, 0) is 18.8 Å². The van der Waals surface area contributed by atoms with Crippen molar-refractivity contribution in [1.82, 2.24) is 10.6 Å². The smallest absolute Gasteiger partial charge is 0.315 e. The first kappa shape index (κ1) is 13.3. The first-order valence-corrected chi connectivity index (χ1v) is 6.30. The SMILES string of the molecule is CC(C)CCCCNC(=O)NC1CCOC1. The number of carbonyl (C=O) groups excluding carboxylic acids is 1. The minimum atomic E-state index is -0.0555. The lowest BCUT2D eigenvalue weighted by Gasteiger charge is -2.11. The molecule has 1 saturated heterocycles. The van der Waals surface area contributed by atoms with Gasteiger partial charge in [-0.15, -0.1) is 0 Å². The van der Waals surface area contributed by atoms with E-state index in [0.717, 1.165) is 31.9 Å². The van der Waals surface area contributed by atoms with Crippen LogP contribution < -0.4 is 10.6 Å². The van der Waals surface area contributed by atoms with E-state index in [9.17, 15) is 4.79 Å². The molecule has 2 amide bonds. The molecule has 1 atom stereocenters. The Morgan fingerprint density at radius 1 is 1.44 bits per heavy atom. The summed E-state index contributed by atoms with van der Waals surface area (Å²) in [6.45, 7) is 6.63. The Morgan fingerprint density at radius 3 is 2.88 bits per heavy atom. The topological polar surface area (TPSA) is 50.4 Å². The minimum Gasteiger partial charge on any atom is -0.379 e. The lowest BCUT2D eigenvalue weighted by Crippen LogP contribution is -2.42. The molecule has 1 aliphatic rings. The molecule has 0 radical (unpaired) electrons. The molecule has 0 saturated carbocycles. The first-order valence-electron chi connectivity index (χ1n) is 6.30. The fraction of sp³-hybridized carbons (Fsp3) is 0.917. The van der Waals surface area contributed by atoms with Crippen molar-refractivity contribution in [3.8, 4) is 0 Å². The van der Waals surface area contributed by atoms with E-state index in [1.807, 2.05) is 0 Å². The molecule has 0 aromatic carbocycles. The molecule has 16 heavy (non-hydrogen) atoms. The summed E-state index contributed by atoms with van der Waals surface area (Å²) in [6, 6.07) is 0.149. The van der Waals surface area contributed by atoms with E-state index < -0.39 is 0 Å². The molecule has 1 rings (SSSR count). The lowest BCUT2D eigenvalue weighted by molar-refractivity contribution is 0.188. The van der Waals surface area contributed by atoms with Gasteiger partial charge in [-0.1, -0.05) is 26.7 Å². The van der Waals surface area contributed by atoms with Crippen LogP contribution in [0.15, 0.2) is 0 Å². The summed E-state index contributed by atoms with van der Waals surface area (Å²) in [5, 5.41) is 5.78. The van der Waals surface area contributed by atoms with Crippen molar-refractivity contribution in [2.45, 2.75) is 45.6 Å². The molecular formula is C12H24N2O2. The molecule has 0 bridgehead atoms. The van der Waals surface area contributed by atoms with Crippen LogP contribution in [0.5, 0.6) is 0 Å². The third-order valence-electron chi connectivity index (χ3n) is 2.76. The number of unbranched alkanes of at least 4 members (excludes halogenated alkanes) is 1. The summed E-state index contributed by atoms with van der Waals surface area (Å²) in [5.41, 5.74) is 0. The molecular weight excluding hydrogens is 204 g/mol. The highest BCUT2D eigenvalue weighted by Gasteiger charge is 2.16. The van der Waals surface area contributed by atoms with Crippen molar-refractivity contribution in [3.63, 3.8) is 0 Å². The first-order chi connectivity index (χ1) is 7.68. The normalized spacial score (nSPS) is 20.1. The Morgan fingerprint density at radius 2 is 2.25 bits per heavy atom. The largest absolute Gasteiger partial charge is 0.379 e.